The summed E-state index contributed by atoms with van der Waals surface area (Å²) in [5, 5.41) is 3.34. The summed E-state index contributed by atoms with van der Waals surface area (Å²) in [4.78, 5) is 24.8. The molecule has 1 N–H and O–H groups in total. The van der Waals surface area contributed by atoms with Crippen molar-refractivity contribution in [1.29, 1.82) is 0 Å². The first-order valence-corrected chi connectivity index (χ1v) is 7.95. The fraction of sp³-hybridized carbons (Fsp3) is 0.235. The van der Waals surface area contributed by atoms with Gasteiger partial charge < -0.3 is 10.2 Å². The Morgan fingerprint density at radius 3 is 1.83 bits per heavy atom. The van der Waals surface area contributed by atoms with Crippen LogP contribution in [-0.4, -0.2) is 51.1 Å². The summed E-state index contributed by atoms with van der Waals surface area (Å²) in [6, 6.07) is 11.4. The van der Waals surface area contributed by atoms with Crippen LogP contribution in [0.25, 0.3) is 23.0 Å². The number of anilines is 1. The van der Waals surface area contributed by atoms with Gasteiger partial charge in [0.2, 0.25) is 5.95 Å². The zero-order chi connectivity index (χ0) is 16.2. The Labute approximate surface area is 139 Å². The topological polar surface area (TPSA) is 79.7 Å². The van der Waals surface area contributed by atoms with E-state index in [-0.39, 0.29) is 0 Å². The Kier molecular flexibility index (Phi) is 4.07. The highest BCUT2D eigenvalue weighted by molar-refractivity contribution is 5.58. The monoisotopic (exact) mass is 319 g/mol. The molecule has 0 spiro atoms. The van der Waals surface area contributed by atoms with E-state index in [4.69, 9.17) is 0 Å². The van der Waals surface area contributed by atoms with Gasteiger partial charge in [-0.2, -0.15) is 9.97 Å². The second kappa shape index (κ2) is 6.67. The number of rotatable bonds is 3. The third-order valence-electron chi connectivity index (χ3n) is 3.81. The third kappa shape index (κ3) is 3.07. The summed E-state index contributed by atoms with van der Waals surface area (Å²) in [7, 11) is 0. The molecule has 3 aromatic heterocycles. The minimum absolute atomic E-state index is 0.569. The van der Waals surface area contributed by atoms with Crippen LogP contribution in [0, 0.1) is 0 Å². The van der Waals surface area contributed by atoms with Crippen LogP contribution in [0.4, 0.5) is 5.95 Å². The first-order valence-electron chi connectivity index (χ1n) is 7.95. The molecular weight excluding hydrogens is 302 g/mol. The maximum Gasteiger partial charge on any atom is 0.229 e. The fourth-order valence-electron chi connectivity index (χ4n) is 2.59. The molecule has 4 rings (SSSR count). The van der Waals surface area contributed by atoms with Crippen LogP contribution in [0.5, 0.6) is 0 Å². The van der Waals surface area contributed by atoms with Gasteiger partial charge in [0.15, 0.2) is 11.6 Å². The van der Waals surface area contributed by atoms with Gasteiger partial charge in [-0.15, -0.1) is 0 Å². The van der Waals surface area contributed by atoms with E-state index in [1.165, 1.54) is 0 Å². The first-order chi connectivity index (χ1) is 11.9. The van der Waals surface area contributed by atoms with E-state index < -0.39 is 0 Å². The molecule has 0 bridgehead atoms. The van der Waals surface area contributed by atoms with Gasteiger partial charge in [0.1, 0.15) is 11.4 Å². The van der Waals surface area contributed by atoms with Crippen molar-refractivity contribution in [3.63, 3.8) is 0 Å². The van der Waals surface area contributed by atoms with Crippen molar-refractivity contribution in [2.75, 3.05) is 31.1 Å². The van der Waals surface area contributed by atoms with E-state index >= 15 is 0 Å². The summed E-state index contributed by atoms with van der Waals surface area (Å²) >= 11 is 0. The minimum Gasteiger partial charge on any atom is -0.338 e. The van der Waals surface area contributed by atoms with Crippen molar-refractivity contribution in [2.24, 2.45) is 0 Å². The maximum absolute atomic E-state index is 4.64. The van der Waals surface area contributed by atoms with E-state index in [1.807, 2.05) is 36.4 Å². The number of hydrogen-bond donors (Lipinski definition) is 1. The summed E-state index contributed by atoms with van der Waals surface area (Å²) < 4.78 is 0. The van der Waals surface area contributed by atoms with E-state index in [1.54, 1.807) is 12.4 Å². The second-order valence-corrected chi connectivity index (χ2v) is 5.45. The molecular formula is C17H17N7. The highest BCUT2D eigenvalue weighted by Gasteiger charge is 2.18. The highest BCUT2D eigenvalue weighted by Crippen LogP contribution is 2.20. The van der Waals surface area contributed by atoms with E-state index in [0.717, 1.165) is 37.6 Å². The van der Waals surface area contributed by atoms with Crippen LogP contribution in [0.3, 0.4) is 0 Å². The molecule has 7 heteroatoms. The van der Waals surface area contributed by atoms with Crippen LogP contribution in [0.1, 0.15) is 0 Å². The van der Waals surface area contributed by atoms with E-state index in [9.17, 15) is 0 Å². The largest absolute Gasteiger partial charge is 0.338 e. The van der Waals surface area contributed by atoms with Gasteiger partial charge in [0.25, 0.3) is 0 Å². The third-order valence-corrected chi connectivity index (χ3v) is 3.81. The lowest BCUT2D eigenvalue weighted by Crippen LogP contribution is -2.44. The average Bonchev–Trinajstić information content (AvgIpc) is 2.70. The predicted octanol–water partition coefficient (Wildman–Crippen LogP) is 1.41. The molecule has 0 aromatic carbocycles. The average molecular weight is 319 g/mol. The van der Waals surface area contributed by atoms with Crippen LogP contribution >= 0.6 is 0 Å². The van der Waals surface area contributed by atoms with Gasteiger partial charge in [-0.1, -0.05) is 12.1 Å². The van der Waals surface area contributed by atoms with Crippen LogP contribution in [0.15, 0.2) is 48.8 Å². The molecule has 4 heterocycles. The predicted molar refractivity (Wildman–Crippen MR) is 91.4 cm³/mol. The lowest BCUT2D eigenvalue weighted by molar-refractivity contribution is 0.579. The molecule has 0 aliphatic carbocycles. The van der Waals surface area contributed by atoms with Gasteiger partial charge in [-0.05, 0) is 24.3 Å². The molecule has 0 atom stereocenters. The van der Waals surface area contributed by atoms with Crippen LogP contribution in [0.2, 0.25) is 0 Å². The van der Waals surface area contributed by atoms with Crippen molar-refractivity contribution in [2.45, 2.75) is 0 Å². The van der Waals surface area contributed by atoms with Gasteiger partial charge in [-0.25, -0.2) is 4.98 Å². The smallest absolute Gasteiger partial charge is 0.229 e. The van der Waals surface area contributed by atoms with Gasteiger partial charge in [0, 0.05) is 38.6 Å². The normalized spacial score (nSPS) is 14.6. The molecule has 1 fully saturated rings. The quantitative estimate of drug-likeness (QED) is 0.781. The highest BCUT2D eigenvalue weighted by atomic mass is 15.3. The molecule has 24 heavy (non-hydrogen) atoms. The Balaban J connectivity index is 1.81. The summed E-state index contributed by atoms with van der Waals surface area (Å²) in [6.45, 7) is 3.58. The molecule has 0 radical (unpaired) electrons. The Morgan fingerprint density at radius 2 is 1.33 bits per heavy atom. The molecule has 0 amide bonds. The van der Waals surface area contributed by atoms with Crippen molar-refractivity contribution in [1.82, 2.24) is 30.2 Å². The number of pyridine rings is 2. The summed E-state index contributed by atoms with van der Waals surface area (Å²) in [5.41, 5.74) is 1.46. The lowest BCUT2D eigenvalue weighted by atomic mass is 10.3. The zero-order valence-corrected chi connectivity index (χ0v) is 13.1. The molecule has 1 saturated heterocycles. The Morgan fingerprint density at radius 1 is 0.750 bits per heavy atom. The number of nitrogens with zero attached hydrogens (tertiary/aromatic N) is 6. The Bertz CT molecular complexity index is 744. The van der Waals surface area contributed by atoms with E-state index in [0.29, 0.717) is 17.6 Å². The number of hydrogen-bond acceptors (Lipinski definition) is 7. The number of piperazine rings is 1. The second-order valence-electron chi connectivity index (χ2n) is 5.45. The zero-order valence-electron chi connectivity index (χ0n) is 13.1. The molecule has 3 aromatic rings. The molecule has 0 saturated carbocycles. The van der Waals surface area contributed by atoms with Crippen molar-refractivity contribution < 1.29 is 0 Å². The van der Waals surface area contributed by atoms with Crippen LogP contribution in [-0.2, 0) is 0 Å². The Hall–Kier alpha value is -2.93. The molecule has 1 aliphatic heterocycles. The molecule has 0 unspecified atom stereocenters. The molecule has 7 nitrogen and oxygen atoms in total. The van der Waals surface area contributed by atoms with E-state index in [2.05, 4.69) is 35.1 Å². The van der Waals surface area contributed by atoms with Gasteiger partial charge in [0.05, 0.1) is 0 Å². The SMILES string of the molecule is c1ccc(-c2nc(-c3ccccn3)nc(N3CCNCC3)n2)nc1. The maximum atomic E-state index is 4.64. The van der Waals surface area contributed by atoms with Gasteiger partial charge in [-0.3, -0.25) is 9.97 Å². The lowest BCUT2D eigenvalue weighted by Gasteiger charge is -2.27. The summed E-state index contributed by atoms with van der Waals surface area (Å²) in [6.07, 6.45) is 3.48. The summed E-state index contributed by atoms with van der Waals surface area (Å²) in [5.74, 6) is 1.81. The first kappa shape index (κ1) is 14.6. The minimum atomic E-state index is 0.569. The molecule has 1 aliphatic rings. The molecule has 120 valence electrons. The number of aromatic nitrogens is 5. The van der Waals surface area contributed by atoms with Crippen molar-refractivity contribution in [3.8, 4) is 23.0 Å². The van der Waals surface area contributed by atoms with Crippen LogP contribution < -0.4 is 10.2 Å². The fourth-order valence-corrected chi connectivity index (χ4v) is 2.59. The van der Waals surface area contributed by atoms with Crippen molar-refractivity contribution in [3.05, 3.63) is 48.8 Å². The number of nitrogens with one attached hydrogen (secondary N) is 1. The van der Waals surface area contributed by atoms with Crippen molar-refractivity contribution >= 4 is 5.95 Å². The van der Waals surface area contributed by atoms with Gasteiger partial charge >= 0.3 is 0 Å². The standard InChI is InChI=1S/C17H17N7/c1-3-7-19-13(5-1)15-21-16(14-6-2-4-8-20-14)23-17(22-15)24-11-9-18-10-12-24/h1-8,18H,9-12H2.